The molecule has 7 heteroatoms. The Hall–Kier alpha value is -2.31. The van der Waals surface area contributed by atoms with E-state index in [-0.39, 0.29) is 17.1 Å². The van der Waals surface area contributed by atoms with Crippen LogP contribution in [0.2, 0.25) is 5.02 Å². The zero-order valence-electron chi connectivity index (χ0n) is 17.3. The molecule has 29 heavy (non-hydrogen) atoms. The van der Waals surface area contributed by atoms with E-state index < -0.39 is 0 Å². The Bertz CT molecular complexity index is 1020. The summed E-state index contributed by atoms with van der Waals surface area (Å²) in [6, 6.07) is 13.8. The Morgan fingerprint density at radius 3 is 2.48 bits per heavy atom. The molecule has 0 atom stereocenters. The highest BCUT2D eigenvalue weighted by Crippen LogP contribution is 2.27. The van der Waals surface area contributed by atoms with Crippen molar-refractivity contribution in [2.24, 2.45) is 7.05 Å². The summed E-state index contributed by atoms with van der Waals surface area (Å²) in [7, 11) is 1.91. The summed E-state index contributed by atoms with van der Waals surface area (Å²) in [5.41, 5.74) is 4.06. The molecule has 1 heterocycles. The predicted molar refractivity (Wildman–Crippen MR) is 121 cm³/mol. The Balaban J connectivity index is 1.67. The van der Waals surface area contributed by atoms with Crippen molar-refractivity contribution in [3.8, 4) is 11.4 Å². The van der Waals surface area contributed by atoms with Crippen molar-refractivity contribution in [3.05, 3.63) is 58.6 Å². The smallest absolute Gasteiger partial charge is 0.234 e. The molecule has 0 saturated carbocycles. The van der Waals surface area contributed by atoms with Crippen LogP contribution in [-0.2, 0) is 17.3 Å². The van der Waals surface area contributed by atoms with Crippen molar-refractivity contribution in [2.45, 2.75) is 38.3 Å². The first-order chi connectivity index (χ1) is 13.6. The van der Waals surface area contributed by atoms with Gasteiger partial charge in [0.15, 0.2) is 11.0 Å². The van der Waals surface area contributed by atoms with Gasteiger partial charge in [-0.1, -0.05) is 74.5 Å². The lowest BCUT2D eigenvalue weighted by Crippen LogP contribution is -2.15. The maximum atomic E-state index is 12.3. The number of nitrogens with zero attached hydrogens (tertiary/aromatic N) is 3. The van der Waals surface area contributed by atoms with Gasteiger partial charge in [-0.3, -0.25) is 4.79 Å². The molecule has 0 aliphatic carbocycles. The van der Waals surface area contributed by atoms with Crippen LogP contribution in [0.4, 0.5) is 5.69 Å². The molecule has 0 spiro atoms. The highest BCUT2D eigenvalue weighted by Gasteiger charge is 2.16. The molecule has 0 aliphatic heterocycles. The fraction of sp³-hybridized carbons (Fsp3) is 0.318. The van der Waals surface area contributed by atoms with E-state index in [1.165, 1.54) is 17.3 Å². The number of aryl methyl sites for hydroxylation is 1. The number of benzene rings is 2. The molecule has 3 aromatic rings. The van der Waals surface area contributed by atoms with Gasteiger partial charge in [0.05, 0.1) is 5.75 Å². The molecule has 0 fully saturated rings. The normalized spacial score (nSPS) is 11.5. The Morgan fingerprint density at radius 2 is 1.83 bits per heavy atom. The number of amides is 1. The number of rotatable bonds is 5. The number of aromatic nitrogens is 3. The second-order valence-corrected chi connectivity index (χ2v) is 9.37. The second-order valence-electron chi connectivity index (χ2n) is 7.99. The van der Waals surface area contributed by atoms with Crippen molar-refractivity contribution >= 4 is 35.0 Å². The first-order valence-electron chi connectivity index (χ1n) is 9.34. The summed E-state index contributed by atoms with van der Waals surface area (Å²) >= 11 is 7.36. The first kappa shape index (κ1) is 21.4. The average molecular weight is 429 g/mol. The number of carbonyl (C=O) groups excluding carboxylic acids is 1. The zero-order chi connectivity index (χ0) is 21.2. The van der Waals surface area contributed by atoms with Crippen LogP contribution >= 0.6 is 23.4 Å². The third kappa shape index (κ3) is 5.19. The van der Waals surface area contributed by atoms with E-state index in [1.54, 1.807) is 12.1 Å². The predicted octanol–water partition coefficient (Wildman–Crippen LogP) is 5.47. The molecular weight excluding hydrogens is 404 g/mol. The van der Waals surface area contributed by atoms with Crippen LogP contribution in [0.1, 0.15) is 31.9 Å². The van der Waals surface area contributed by atoms with Crippen LogP contribution in [-0.4, -0.2) is 26.4 Å². The lowest BCUT2D eigenvalue weighted by atomic mass is 9.87. The minimum Gasteiger partial charge on any atom is -0.325 e. The summed E-state index contributed by atoms with van der Waals surface area (Å²) in [4.78, 5) is 12.3. The summed E-state index contributed by atoms with van der Waals surface area (Å²) in [6.45, 7) is 8.50. The Labute approximate surface area is 180 Å². The summed E-state index contributed by atoms with van der Waals surface area (Å²) in [5, 5.41) is 12.7. The molecule has 2 aromatic carbocycles. The highest BCUT2D eigenvalue weighted by molar-refractivity contribution is 7.99. The fourth-order valence-corrected chi connectivity index (χ4v) is 3.74. The standard InChI is InChI=1S/C22H25ClN4OS/c1-14-6-11-17(23)12-18(14)24-19(28)13-29-21-26-25-20(27(21)5)15-7-9-16(10-8-15)22(2,3)4/h6-12H,13H2,1-5H3,(H,24,28). The van der Waals surface area contributed by atoms with Gasteiger partial charge in [0.25, 0.3) is 0 Å². The zero-order valence-corrected chi connectivity index (χ0v) is 18.9. The molecule has 1 amide bonds. The summed E-state index contributed by atoms with van der Waals surface area (Å²) < 4.78 is 1.91. The van der Waals surface area contributed by atoms with E-state index in [4.69, 9.17) is 11.6 Å². The number of halogens is 1. The van der Waals surface area contributed by atoms with Gasteiger partial charge in [0, 0.05) is 23.3 Å². The van der Waals surface area contributed by atoms with Crippen LogP contribution in [0.3, 0.4) is 0 Å². The van der Waals surface area contributed by atoms with Crippen molar-refractivity contribution < 1.29 is 4.79 Å². The third-order valence-corrected chi connectivity index (χ3v) is 5.91. The Kier molecular flexibility index (Phi) is 6.34. The number of hydrogen-bond acceptors (Lipinski definition) is 4. The fourth-order valence-electron chi connectivity index (χ4n) is 2.86. The lowest BCUT2D eigenvalue weighted by molar-refractivity contribution is -0.113. The molecule has 0 bridgehead atoms. The molecule has 152 valence electrons. The van der Waals surface area contributed by atoms with Gasteiger partial charge in [0.2, 0.25) is 5.91 Å². The van der Waals surface area contributed by atoms with E-state index in [2.05, 4.69) is 60.6 Å². The molecule has 1 N–H and O–H groups in total. The van der Waals surface area contributed by atoms with E-state index >= 15 is 0 Å². The van der Waals surface area contributed by atoms with Gasteiger partial charge in [-0.2, -0.15) is 0 Å². The minimum atomic E-state index is -0.112. The van der Waals surface area contributed by atoms with E-state index in [0.717, 1.165) is 22.6 Å². The Morgan fingerprint density at radius 1 is 1.14 bits per heavy atom. The lowest BCUT2D eigenvalue weighted by Gasteiger charge is -2.19. The maximum Gasteiger partial charge on any atom is 0.234 e. The molecule has 0 unspecified atom stereocenters. The topological polar surface area (TPSA) is 59.8 Å². The average Bonchev–Trinajstić information content (AvgIpc) is 3.03. The second kappa shape index (κ2) is 8.59. The molecule has 0 aliphatic rings. The van der Waals surface area contributed by atoms with Crippen LogP contribution in [0.15, 0.2) is 47.6 Å². The van der Waals surface area contributed by atoms with Gasteiger partial charge in [0.1, 0.15) is 0 Å². The van der Waals surface area contributed by atoms with Crippen LogP contribution in [0, 0.1) is 6.92 Å². The number of nitrogens with one attached hydrogen (secondary N) is 1. The summed E-state index contributed by atoms with van der Waals surface area (Å²) in [5.74, 6) is 0.902. The molecule has 0 radical (unpaired) electrons. The largest absolute Gasteiger partial charge is 0.325 e. The molecule has 5 nitrogen and oxygen atoms in total. The molecular formula is C22H25ClN4OS. The maximum absolute atomic E-state index is 12.3. The van der Waals surface area contributed by atoms with Crippen molar-refractivity contribution in [3.63, 3.8) is 0 Å². The van der Waals surface area contributed by atoms with Crippen LogP contribution < -0.4 is 5.32 Å². The number of thioether (sulfide) groups is 1. The monoisotopic (exact) mass is 428 g/mol. The number of anilines is 1. The van der Waals surface area contributed by atoms with Gasteiger partial charge in [-0.25, -0.2) is 0 Å². The molecule has 0 saturated heterocycles. The number of hydrogen-bond donors (Lipinski definition) is 1. The van der Waals surface area contributed by atoms with E-state index in [0.29, 0.717) is 10.2 Å². The SMILES string of the molecule is Cc1ccc(Cl)cc1NC(=O)CSc1nnc(-c2ccc(C(C)(C)C)cc2)n1C. The van der Waals surface area contributed by atoms with E-state index in [1.807, 2.05) is 24.6 Å². The minimum absolute atomic E-state index is 0.105. The van der Waals surface area contributed by atoms with Crippen molar-refractivity contribution in [1.82, 2.24) is 14.8 Å². The first-order valence-corrected chi connectivity index (χ1v) is 10.7. The van der Waals surface area contributed by atoms with Gasteiger partial charge < -0.3 is 9.88 Å². The number of carbonyl (C=O) groups is 1. The summed E-state index contributed by atoms with van der Waals surface area (Å²) in [6.07, 6.45) is 0. The quantitative estimate of drug-likeness (QED) is 0.547. The van der Waals surface area contributed by atoms with Gasteiger partial charge in [-0.15, -0.1) is 10.2 Å². The van der Waals surface area contributed by atoms with Gasteiger partial charge in [-0.05, 0) is 35.6 Å². The van der Waals surface area contributed by atoms with E-state index in [9.17, 15) is 4.79 Å². The highest BCUT2D eigenvalue weighted by atomic mass is 35.5. The van der Waals surface area contributed by atoms with Crippen LogP contribution in [0.25, 0.3) is 11.4 Å². The van der Waals surface area contributed by atoms with Crippen molar-refractivity contribution in [2.75, 3.05) is 11.1 Å². The molecule has 3 rings (SSSR count). The third-order valence-electron chi connectivity index (χ3n) is 4.65. The van der Waals surface area contributed by atoms with Crippen LogP contribution in [0.5, 0.6) is 0 Å². The molecule has 1 aromatic heterocycles. The van der Waals surface area contributed by atoms with Crippen molar-refractivity contribution in [1.29, 1.82) is 0 Å². The van der Waals surface area contributed by atoms with Gasteiger partial charge >= 0.3 is 0 Å².